The van der Waals surface area contributed by atoms with Gasteiger partial charge in [0.05, 0.1) is 0 Å². The van der Waals surface area contributed by atoms with Crippen LogP contribution in [0.15, 0.2) is 48.5 Å². The summed E-state index contributed by atoms with van der Waals surface area (Å²) in [5, 5.41) is 2.33. The summed E-state index contributed by atoms with van der Waals surface area (Å²) in [4.78, 5) is 23.5. The molecule has 0 fully saturated rings. The van der Waals surface area contributed by atoms with E-state index in [1.54, 1.807) is 0 Å². The Morgan fingerprint density at radius 1 is 1.04 bits per heavy atom. The second kappa shape index (κ2) is 8.57. The van der Waals surface area contributed by atoms with Crippen LogP contribution in [0.25, 0.3) is 11.1 Å². The van der Waals surface area contributed by atoms with Gasteiger partial charge in [-0.2, -0.15) is 0 Å². The fourth-order valence-corrected chi connectivity index (χ4v) is 3.95. The average molecular weight is 386 g/mol. The summed E-state index contributed by atoms with van der Waals surface area (Å²) in [6.45, 7) is 4.32. The van der Waals surface area contributed by atoms with Gasteiger partial charge in [0.15, 0.2) is 0 Å². The number of ether oxygens (including phenoxy) is 1. The molecule has 1 aliphatic rings. The fraction of sp³-hybridized carbons (Fsp3) is 0.364. The van der Waals surface area contributed by atoms with Gasteiger partial charge in [0, 0.05) is 18.4 Å². The highest BCUT2D eigenvalue weighted by Gasteiger charge is 2.29. The third kappa shape index (κ3) is 4.69. The molecule has 5 heteroatoms. The molecule has 2 aromatic rings. The molecule has 0 saturated heterocycles. The first-order chi connectivity index (χ1) is 13.0. The Bertz CT molecular complexity index is 788. The number of hydrogen-bond acceptors (Lipinski definition) is 3. The molecular weight excluding hydrogens is 362 g/mol. The molecule has 0 aliphatic heterocycles. The van der Waals surface area contributed by atoms with Crippen molar-refractivity contribution in [2.24, 2.45) is 5.92 Å². The van der Waals surface area contributed by atoms with Gasteiger partial charge < -0.3 is 10.1 Å². The maximum atomic E-state index is 12.3. The van der Waals surface area contributed by atoms with Crippen LogP contribution in [-0.4, -0.2) is 24.0 Å². The first kappa shape index (κ1) is 19.4. The average Bonchev–Trinajstić information content (AvgIpc) is 2.93. The fourth-order valence-electron chi connectivity index (χ4n) is 3.76. The predicted octanol–water partition coefficient (Wildman–Crippen LogP) is 5.10. The molecular formula is C22H24ClNO3. The zero-order chi connectivity index (χ0) is 19.4. The Balaban J connectivity index is 1.67. The van der Waals surface area contributed by atoms with Gasteiger partial charge in [-0.15, -0.1) is 0 Å². The molecule has 1 aliphatic carbocycles. The van der Waals surface area contributed by atoms with E-state index in [-0.39, 0.29) is 25.0 Å². The van der Waals surface area contributed by atoms with Crippen LogP contribution >= 0.6 is 11.6 Å². The van der Waals surface area contributed by atoms with Crippen molar-refractivity contribution in [3.8, 4) is 11.1 Å². The van der Waals surface area contributed by atoms with Crippen molar-refractivity contribution in [3.05, 3.63) is 59.7 Å². The first-order valence-corrected chi connectivity index (χ1v) is 9.63. The van der Waals surface area contributed by atoms with Crippen LogP contribution in [-0.2, 0) is 9.53 Å². The molecule has 0 saturated carbocycles. The van der Waals surface area contributed by atoms with Gasteiger partial charge >= 0.3 is 6.09 Å². The van der Waals surface area contributed by atoms with Crippen LogP contribution in [0.4, 0.5) is 4.79 Å². The number of hydrogen-bond donors (Lipinski definition) is 1. The SMILES string of the molecule is CC(C)C[C@@H](CC(=O)Cl)NC(=O)OCC1c2ccccc2-c2ccccc21. The molecule has 0 aromatic heterocycles. The van der Waals surface area contributed by atoms with Gasteiger partial charge in [-0.1, -0.05) is 62.4 Å². The van der Waals surface area contributed by atoms with Crippen LogP contribution in [0.3, 0.4) is 0 Å². The zero-order valence-corrected chi connectivity index (χ0v) is 16.3. The van der Waals surface area contributed by atoms with Crippen molar-refractivity contribution in [2.75, 3.05) is 6.61 Å². The number of alkyl carbamates (subject to hydrolysis) is 1. The number of nitrogens with one attached hydrogen (secondary N) is 1. The molecule has 0 heterocycles. The van der Waals surface area contributed by atoms with Gasteiger partial charge in [-0.25, -0.2) is 4.79 Å². The topological polar surface area (TPSA) is 55.4 Å². The van der Waals surface area contributed by atoms with E-state index in [1.807, 2.05) is 38.1 Å². The minimum Gasteiger partial charge on any atom is -0.449 e. The number of benzene rings is 2. The van der Waals surface area contributed by atoms with Gasteiger partial charge in [-0.3, -0.25) is 4.79 Å². The lowest BCUT2D eigenvalue weighted by atomic mass is 9.98. The van der Waals surface area contributed by atoms with E-state index in [2.05, 4.69) is 29.6 Å². The summed E-state index contributed by atoms with van der Waals surface area (Å²) in [5.74, 6) is 0.348. The zero-order valence-electron chi connectivity index (χ0n) is 15.6. The molecule has 2 aromatic carbocycles. The van der Waals surface area contributed by atoms with Crippen LogP contribution in [0.1, 0.15) is 43.7 Å². The minimum absolute atomic E-state index is 0.0151. The number of carbonyl (C=O) groups excluding carboxylic acids is 2. The first-order valence-electron chi connectivity index (χ1n) is 9.25. The second-order valence-electron chi connectivity index (χ2n) is 7.36. The summed E-state index contributed by atoms with van der Waals surface area (Å²) in [6.07, 6.45) is 0.257. The van der Waals surface area contributed by atoms with Crippen LogP contribution in [0.5, 0.6) is 0 Å². The number of halogens is 1. The molecule has 4 nitrogen and oxygen atoms in total. The molecule has 3 rings (SSSR count). The molecule has 0 radical (unpaired) electrons. The predicted molar refractivity (Wildman–Crippen MR) is 107 cm³/mol. The standard InChI is InChI=1S/C22H24ClNO3/c1-14(2)11-15(12-21(23)25)24-22(26)27-13-20-18-9-5-3-7-16(18)17-8-4-6-10-19(17)20/h3-10,14-15,20H,11-13H2,1-2H3,(H,24,26)/t15-/m0/s1. The van der Waals surface area contributed by atoms with Crippen LogP contribution in [0, 0.1) is 5.92 Å². The van der Waals surface area contributed by atoms with Gasteiger partial charge in [-0.05, 0) is 46.2 Å². The lowest BCUT2D eigenvalue weighted by Crippen LogP contribution is -2.37. The van der Waals surface area contributed by atoms with E-state index in [0.717, 1.165) is 0 Å². The number of amides is 1. The highest BCUT2D eigenvalue weighted by atomic mass is 35.5. The van der Waals surface area contributed by atoms with Crippen LogP contribution < -0.4 is 5.32 Å². The van der Waals surface area contributed by atoms with Gasteiger partial charge in [0.1, 0.15) is 6.61 Å². The summed E-state index contributed by atoms with van der Waals surface area (Å²) < 4.78 is 5.53. The van der Waals surface area contributed by atoms with Crippen molar-refractivity contribution in [2.45, 2.75) is 38.6 Å². The van der Waals surface area contributed by atoms with Crippen molar-refractivity contribution in [1.29, 1.82) is 0 Å². The van der Waals surface area contributed by atoms with Gasteiger partial charge in [0.25, 0.3) is 0 Å². The second-order valence-corrected chi connectivity index (χ2v) is 7.78. The maximum Gasteiger partial charge on any atom is 0.407 e. The Hall–Kier alpha value is -2.33. The molecule has 0 bridgehead atoms. The number of fused-ring (bicyclic) bond motifs is 3. The highest BCUT2D eigenvalue weighted by Crippen LogP contribution is 2.44. The molecule has 1 atom stereocenters. The monoisotopic (exact) mass is 385 g/mol. The third-order valence-corrected chi connectivity index (χ3v) is 4.98. The molecule has 0 unspecified atom stereocenters. The van der Waals surface area contributed by atoms with E-state index in [1.165, 1.54) is 22.3 Å². The number of rotatable bonds is 7. The normalized spacial score (nSPS) is 13.8. The summed E-state index contributed by atoms with van der Waals surface area (Å²) >= 11 is 5.50. The molecule has 142 valence electrons. The summed E-state index contributed by atoms with van der Waals surface area (Å²) in [5.41, 5.74) is 4.71. The smallest absolute Gasteiger partial charge is 0.407 e. The largest absolute Gasteiger partial charge is 0.449 e. The molecule has 0 spiro atoms. The lowest BCUT2D eigenvalue weighted by molar-refractivity contribution is -0.112. The minimum atomic E-state index is -0.513. The Labute approximate surface area is 164 Å². The highest BCUT2D eigenvalue weighted by molar-refractivity contribution is 6.63. The van der Waals surface area contributed by atoms with Gasteiger partial charge in [0.2, 0.25) is 5.24 Å². The van der Waals surface area contributed by atoms with Crippen molar-refractivity contribution >= 4 is 22.9 Å². The van der Waals surface area contributed by atoms with E-state index in [9.17, 15) is 9.59 Å². The quantitative estimate of drug-likeness (QED) is 0.675. The van der Waals surface area contributed by atoms with E-state index < -0.39 is 11.3 Å². The lowest BCUT2D eigenvalue weighted by Gasteiger charge is -2.20. The summed E-state index contributed by atoms with van der Waals surface area (Å²) in [6, 6.07) is 16.1. The van der Waals surface area contributed by atoms with E-state index in [0.29, 0.717) is 12.3 Å². The molecule has 27 heavy (non-hydrogen) atoms. The van der Waals surface area contributed by atoms with Crippen LogP contribution in [0.2, 0.25) is 0 Å². The third-order valence-electron chi connectivity index (χ3n) is 4.83. The maximum absolute atomic E-state index is 12.3. The van der Waals surface area contributed by atoms with Crippen molar-refractivity contribution < 1.29 is 14.3 Å². The van der Waals surface area contributed by atoms with Crippen molar-refractivity contribution in [3.63, 3.8) is 0 Å². The molecule has 1 amide bonds. The van der Waals surface area contributed by atoms with E-state index in [4.69, 9.17) is 16.3 Å². The Kier molecular flexibility index (Phi) is 6.17. The Morgan fingerprint density at radius 2 is 1.59 bits per heavy atom. The summed E-state index contributed by atoms with van der Waals surface area (Å²) in [7, 11) is 0. The van der Waals surface area contributed by atoms with E-state index >= 15 is 0 Å². The molecule has 1 N–H and O–H groups in total. The Morgan fingerprint density at radius 3 is 2.11 bits per heavy atom. The number of carbonyl (C=O) groups is 2. The van der Waals surface area contributed by atoms with Crippen molar-refractivity contribution in [1.82, 2.24) is 5.32 Å².